The predicted molar refractivity (Wildman–Crippen MR) is 130 cm³/mol. The highest BCUT2D eigenvalue weighted by molar-refractivity contribution is 7.69. The van der Waals surface area contributed by atoms with Crippen LogP contribution in [0, 0.1) is 5.82 Å². The molecule has 1 fully saturated rings. The van der Waals surface area contributed by atoms with Crippen LogP contribution in [0.25, 0.3) is 22.4 Å². The van der Waals surface area contributed by atoms with Crippen molar-refractivity contribution in [1.29, 1.82) is 0 Å². The number of rotatable bonds is 11. The Morgan fingerprint density at radius 2 is 1.94 bits per heavy atom. The SMILES string of the molecule is CCCCCCN(Cc1nc2oc(-c3ccc(F)cc3)c(C(=O)NC)c2cc1C1CC1)[SH](=O)=O. The lowest BCUT2D eigenvalue weighted by atomic mass is 10.0. The largest absolute Gasteiger partial charge is 0.437 e. The van der Waals surface area contributed by atoms with Crippen LogP contribution < -0.4 is 5.32 Å². The van der Waals surface area contributed by atoms with E-state index >= 15 is 0 Å². The van der Waals surface area contributed by atoms with Gasteiger partial charge in [0.15, 0.2) is 0 Å². The van der Waals surface area contributed by atoms with Gasteiger partial charge in [-0.2, -0.15) is 4.31 Å². The number of hydrogen-bond donors (Lipinski definition) is 2. The van der Waals surface area contributed by atoms with Gasteiger partial charge in [0.1, 0.15) is 11.6 Å². The van der Waals surface area contributed by atoms with E-state index in [-0.39, 0.29) is 24.0 Å². The van der Waals surface area contributed by atoms with E-state index in [1.165, 1.54) is 16.4 Å². The third-order valence-electron chi connectivity index (χ3n) is 6.21. The molecule has 3 aromatic rings. The molecule has 1 aliphatic rings. The number of carbonyl (C=O) groups excluding carboxylic acids is 1. The van der Waals surface area contributed by atoms with Crippen LogP contribution >= 0.6 is 0 Å². The van der Waals surface area contributed by atoms with Crippen LogP contribution in [-0.2, 0) is 17.4 Å². The second kappa shape index (κ2) is 10.7. The van der Waals surface area contributed by atoms with Gasteiger partial charge in [0.25, 0.3) is 5.91 Å². The number of furan rings is 1. The zero-order valence-corrected chi connectivity index (χ0v) is 20.4. The Kier molecular flexibility index (Phi) is 7.63. The highest BCUT2D eigenvalue weighted by Crippen LogP contribution is 2.44. The molecular weight excluding hydrogens is 457 g/mol. The number of aromatic nitrogens is 1. The molecule has 1 saturated carbocycles. The molecule has 0 bridgehead atoms. The number of benzene rings is 1. The second-order valence-electron chi connectivity index (χ2n) is 8.73. The van der Waals surface area contributed by atoms with Crippen molar-refractivity contribution in [1.82, 2.24) is 14.6 Å². The molecule has 0 radical (unpaired) electrons. The fraction of sp³-hybridized carbons (Fsp3) is 0.440. The summed E-state index contributed by atoms with van der Waals surface area (Å²) >= 11 is 0. The number of fused-ring (bicyclic) bond motifs is 1. The Morgan fingerprint density at radius 3 is 2.56 bits per heavy atom. The number of hydrogen-bond acceptors (Lipinski definition) is 5. The molecule has 1 aliphatic carbocycles. The molecule has 0 saturated heterocycles. The van der Waals surface area contributed by atoms with Crippen LogP contribution in [0.1, 0.15) is 73.0 Å². The van der Waals surface area contributed by atoms with Crippen LogP contribution in [0.2, 0.25) is 0 Å². The van der Waals surface area contributed by atoms with Crippen molar-refractivity contribution >= 4 is 27.9 Å². The molecule has 1 amide bonds. The van der Waals surface area contributed by atoms with Crippen molar-refractivity contribution in [2.45, 2.75) is 57.9 Å². The van der Waals surface area contributed by atoms with Crippen molar-refractivity contribution in [2.24, 2.45) is 0 Å². The van der Waals surface area contributed by atoms with Crippen molar-refractivity contribution in [3.8, 4) is 11.3 Å². The highest BCUT2D eigenvalue weighted by atomic mass is 32.2. The first-order valence-corrected chi connectivity index (χ1v) is 12.9. The van der Waals surface area contributed by atoms with E-state index in [4.69, 9.17) is 9.40 Å². The topological polar surface area (TPSA) is 92.5 Å². The molecule has 0 unspecified atom stereocenters. The Morgan fingerprint density at radius 1 is 1.21 bits per heavy atom. The molecule has 182 valence electrons. The monoisotopic (exact) mass is 487 g/mol. The van der Waals surface area contributed by atoms with E-state index in [2.05, 4.69) is 12.2 Å². The van der Waals surface area contributed by atoms with Crippen molar-refractivity contribution in [2.75, 3.05) is 13.6 Å². The standard InChI is InChI=1S/C25H30FN3O4S/c1-3-4-5-6-13-29(34(31)32)15-21-19(16-7-8-16)14-20-22(24(30)27-2)23(33-25(20)28-21)17-9-11-18(26)12-10-17/h9-12,14,16,34H,3-8,13,15H2,1-2H3,(H,27,30). The molecule has 0 spiro atoms. The van der Waals surface area contributed by atoms with Crippen LogP contribution in [0.5, 0.6) is 0 Å². The summed E-state index contributed by atoms with van der Waals surface area (Å²) < 4.78 is 44.9. The lowest BCUT2D eigenvalue weighted by molar-refractivity contribution is 0.0964. The Balaban J connectivity index is 1.77. The maximum Gasteiger partial charge on any atom is 0.255 e. The maximum absolute atomic E-state index is 13.5. The molecule has 4 rings (SSSR count). The highest BCUT2D eigenvalue weighted by Gasteiger charge is 2.31. The first-order valence-electron chi connectivity index (χ1n) is 11.8. The van der Waals surface area contributed by atoms with Gasteiger partial charge in [0, 0.05) is 19.2 Å². The van der Waals surface area contributed by atoms with Crippen molar-refractivity contribution in [3.63, 3.8) is 0 Å². The molecule has 0 aliphatic heterocycles. The quantitative estimate of drug-likeness (QED) is 0.300. The van der Waals surface area contributed by atoms with Gasteiger partial charge < -0.3 is 9.73 Å². The molecule has 2 heterocycles. The lowest BCUT2D eigenvalue weighted by Gasteiger charge is -2.17. The summed E-state index contributed by atoms with van der Waals surface area (Å²) in [6.07, 6.45) is 5.93. The zero-order valence-electron chi connectivity index (χ0n) is 19.5. The fourth-order valence-electron chi connectivity index (χ4n) is 4.22. The Bertz CT molecular complexity index is 1240. The minimum atomic E-state index is -2.75. The number of halogens is 1. The van der Waals surface area contributed by atoms with Gasteiger partial charge in [-0.25, -0.2) is 17.8 Å². The van der Waals surface area contributed by atoms with E-state index < -0.39 is 10.9 Å². The van der Waals surface area contributed by atoms with E-state index in [0.29, 0.717) is 40.4 Å². The average Bonchev–Trinajstić information content (AvgIpc) is 3.61. The summed E-state index contributed by atoms with van der Waals surface area (Å²) in [5.74, 6) is -0.106. The van der Waals surface area contributed by atoms with Crippen LogP contribution in [-0.4, -0.2) is 37.2 Å². The van der Waals surface area contributed by atoms with Crippen molar-refractivity contribution < 1.29 is 22.0 Å². The summed E-state index contributed by atoms with van der Waals surface area (Å²) in [5, 5.41) is 3.23. The molecule has 7 nitrogen and oxygen atoms in total. The number of carbonyl (C=O) groups is 1. The summed E-state index contributed by atoms with van der Waals surface area (Å²) in [4.78, 5) is 17.5. The van der Waals surface area contributed by atoms with Crippen molar-refractivity contribution in [3.05, 3.63) is 53.0 Å². The Labute approximate surface area is 200 Å². The summed E-state index contributed by atoms with van der Waals surface area (Å²) in [5.41, 5.74) is 2.79. The first kappa shape index (κ1) is 24.3. The number of amides is 1. The van der Waals surface area contributed by atoms with Gasteiger partial charge in [0.2, 0.25) is 16.6 Å². The molecule has 1 aromatic carbocycles. The minimum absolute atomic E-state index is 0.175. The average molecular weight is 488 g/mol. The molecule has 0 atom stereocenters. The molecular formula is C25H30FN3O4S. The van der Waals surface area contributed by atoms with E-state index in [0.717, 1.165) is 44.1 Å². The third-order valence-corrected chi connectivity index (χ3v) is 7.01. The second-order valence-corrected chi connectivity index (χ2v) is 9.77. The van der Waals surface area contributed by atoms with Gasteiger partial charge >= 0.3 is 0 Å². The van der Waals surface area contributed by atoms with Crippen LogP contribution in [0.15, 0.2) is 34.7 Å². The molecule has 9 heteroatoms. The van der Waals surface area contributed by atoms with Gasteiger partial charge in [0.05, 0.1) is 23.2 Å². The molecule has 2 aromatic heterocycles. The van der Waals surface area contributed by atoms with E-state index in [1.54, 1.807) is 19.2 Å². The molecule has 1 N–H and O–H groups in total. The van der Waals surface area contributed by atoms with E-state index in [9.17, 15) is 17.6 Å². The lowest BCUT2D eigenvalue weighted by Crippen LogP contribution is -2.24. The minimum Gasteiger partial charge on any atom is -0.437 e. The fourth-order valence-corrected chi connectivity index (χ4v) is 4.77. The van der Waals surface area contributed by atoms with Crippen LogP contribution in [0.3, 0.4) is 0 Å². The normalized spacial score (nSPS) is 13.8. The first-order chi connectivity index (χ1) is 16.4. The third kappa shape index (κ3) is 5.31. The predicted octanol–water partition coefficient (Wildman–Crippen LogP) is 4.78. The number of thiol groups is 1. The summed E-state index contributed by atoms with van der Waals surface area (Å²) in [6, 6.07) is 7.66. The number of nitrogens with one attached hydrogen (secondary N) is 1. The zero-order chi connectivity index (χ0) is 24.2. The number of pyridine rings is 1. The Hall–Kier alpha value is -2.78. The summed E-state index contributed by atoms with van der Waals surface area (Å²) in [7, 11) is -1.21. The van der Waals surface area contributed by atoms with Gasteiger partial charge in [-0.1, -0.05) is 26.2 Å². The van der Waals surface area contributed by atoms with Gasteiger partial charge in [-0.3, -0.25) is 4.79 Å². The summed E-state index contributed by atoms with van der Waals surface area (Å²) in [6.45, 7) is 2.74. The van der Waals surface area contributed by atoms with E-state index in [1.807, 2.05) is 6.07 Å². The number of unbranched alkanes of at least 4 members (excludes halogenated alkanes) is 3. The molecule has 34 heavy (non-hydrogen) atoms. The van der Waals surface area contributed by atoms with Crippen LogP contribution in [0.4, 0.5) is 4.39 Å². The smallest absolute Gasteiger partial charge is 0.255 e. The van der Waals surface area contributed by atoms with Gasteiger partial charge in [-0.05, 0) is 61.1 Å². The van der Waals surface area contributed by atoms with Gasteiger partial charge in [-0.15, -0.1) is 0 Å². The maximum atomic E-state index is 13.5. The number of nitrogens with zero attached hydrogens (tertiary/aromatic N) is 2.